The number of hydrogen-bond acceptors (Lipinski definition) is 3. The number of rotatable bonds is 6. The first-order chi connectivity index (χ1) is 12.3. The number of piperidine rings is 1. The first-order valence-corrected chi connectivity index (χ1v) is 11.4. The maximum atomic E-state index is 6.48. The van der Waals surface area contributed by atoms with Crippen molar-refractivity contribution < 1.29 is 9.47 Å². The van der Waals surface area contributed by atoms with Crippen molar-refractivity contribution in [2.24, 2.45) is 23.2 Å². The Bertz CT molecular complexity index is 431. The molecule has 1 saturated carbocycles. The molecule has 0 aromatic heterocycles. The van der Waals surface area contributed by atoms with E-state index in [0.717, 1.165) is 43.6 Å². The molecule has 3 aliphatic rings. The third-order valence-electron chi connectivity index (χ3n) is 7.62. The van der Waals surface area contributed by atoms with Crippen molar-refractivity contribution in [1.82, 2.24) is 4.90 Å². The van der Waals surface area contributed by atoms with Crippen molar-refractivity contribution in [3.05, 3.63) is 0 Å². The largest absolute Gasteiger partial charge is 0.347 e. The summed E-state index contributed by atoms with van der Waals surface area (Å²) in [5.74, 6) is 2.30. The van der Waals surface area contributed by atoms with Gasteiger partial charge < -0.3 is 14.4 Å². The smallest absolute Gasteiger partial charge is 0.168 e. The third kappa shape index (κ3) is 5.02. The van der Waals surface area contributed by atoms with Gasteiger partial charge in [0, 0.05) is 25.9 Å². The van der Waals surface area contributed by atoms with Gasteiger partial charge in [0.25, 0.3) is 0 Å². The molecule has 0 amide bonds. The molecule has 2 heterocycles. The van der Waals surface area contributed by atoms with Crippen molar-refractivity contribution in [1.29, 1.82) is 0 Å². The predicted octanol–water partition coefficient (Wildman–Crippen LogP) is 5.48. The monoisotopic (exact) mass is 365 g/mol. The lowest BCUT2D eigenvalue weighted by molar-refractivity contribution is -0.197. The van der Waals surface area contributed by atoms with Crippen molar-refractivity contribution in [3.8, 4) is 0 Å². The van der Waals surface area contributed by atoms with Crippen molar-refractivity contribution in [2.75, 3.05) is 26.2 Å². The summed E-state index contributed by atoms with van der Waals surface area (Å²) < 4.78 is 12.7. The van der Waals surface area contributed by atoms with E-state index in [2.05, 4.69) is 39.5 Å². The van der Waals surface area contributed by atoms with E-state index in [9.17, 15) is 0 Å². The first-order valence-electron chi connectivity index (χ1n) is 11.4. The Labute approximate surface area is 162 Å². The highest BCUT2D eigenvalue weighted by Crippen LogP contribution is 2.47. The standard InChI is InChI=1S/C23H43NO2/c1-6-22(4,5)20-9-11-23(12-10-20)25-17-21(26-23)8-7-13-24-15-18(2)14-19(3)16-24/h18-21H,6-17H2,1-5H3. The molecule has 0 aromatic carbocycles. The summed E-state index contributed by atoms with van der Waals surface area (Å²) in [4.78, 5) is 2.67. The van der Waals surface area contributed by atoms with E-state index in [-0.39, 0.29) is 5.79 Å². The summed E-state index contributed by atoms with van der Waals surface area (Å²) in [5, 5.41) is 0. The lowest BCUT2D eigenvalue weighted by atomic mass is 9.68. The highest BCUT2D eigenvalue weighted by Gasteiger charge is 2.46. The van der Waals surface area contributed by atoms with Crippen LogP contribution in [-0.2, 0) is 9.47 Å². The molecule has 152 valence electrons. The SMILES string of the molecule is CCC(C)(C)C1CCC2(CC1)OCC(CCCN1CC(C)CC(C)C1)O2. The van der Waals surface area contributed by atoms with Crippen LogP contribution >= 0.6 is 0 Å². The summed E-state index contributed by atoms with van der Waals surface area (Å²) in [5.41, 5.74) is 0.461. The molecule has 3 unspecified atom stereocenters. The van der Waals surface area contributed by atoms with Crippen LogP contribution in [0.2, 0.25) is 0 Å². The van der Waals surface area contributed by atoms with Gasteiger partial charge in [-0.25, -0.2) is 0 Å². The fourth-order valence-electron chi connectivity index (χ4n) is 5.67. The van der Waals surface area contributed by atoms with Gasteiger partial charge in [0.15, 0.2) is 5.79 Å². The summed E-state index contributed by atoms with van der Waals surface area (Å²) in [7, 11) is 0. The quantitative estimate of drug-likeness (QED) is 0.622. The van der Waals surface area contributed by atoms with Crippen LogP contribution in [0.3, 0.4) is 0 Å². The molecule has 26 heavy (non-hydrogen) atoms. The molecule has 3 atom stereocenters. The highest BCUT2D eigenvalue weighted by atomic mass is 16.7. The summed E-state index contributed by atoms with van der Waals surface area (Å²) in [6.07, 6.45) is 10.1. The Morgan fingerprint density at radius 3 is 2.35 bits per heavy atom. The van der Waals surface area contributed by atoms with Gasteiger partial charge in [0.05, 0.1) is 12.7 Å². The van der Waals surface area contributed by atoms with Gasteiger partial charge in [-0.1, -0.05) is 41.0 Å². The Morgan fingerprint density at radius 1 is 1.08 bits per heavy atom. The normalized spacial score (nSPS) is 39.6. The van der Waals surface area contributed by atoms with Crippen LogP contribution in [0, 0.1) is 23.2 Å². The van der Waals surface area contributed by atoms with Crippen LogP contribution in [0.5, 0.6) is 0 Å². The topological polar surface area (TPSA) is 21.7 Å². The maximum Gasteiger partial charge on any atom is 0.168 e. The molecular weight excluding hydrogens is 322 g/mol. The van der Waals surface area contributed by atoms with E-state index >= 15 is 0 Å². The average Bonchev–Trinajstić information content (AvgIpc) is 2.97. The van der Waals surface area contributed by atoms with Crippen LogP contribution in [0.15, 0.2) is 0 Å². The second-order valence-electron chi connectivity index (χ2n) is 10.4. The zero-order chi connectivity index (χ0) is 18.8. The summed E-state index contributed by atoms with van der Waals surface area (Å²) in [6.45, 7) is 16.6. The Balaban J connectivity index is 1.38. The highest BCUT2D eigenvalue weighted by molar-refractivity contribution is 4.89. The Kier molecular flexibility index (Phi) is 6.73. The van der Waals surface area contributed by atoms with E-state index in [1.54, 1.807) is 0 Å². The van der Waals surface area contributed by atoms with Crippen LogP contribution in [0.4, 0.5) is 0 Å². The second-order valence-corrected chi connectivity index (χ2v) is 10.4. The molecule has 2 aliphatic heterocycles. The van der Waals surface area contributed by atoms with Gasteiger partial charge in [-0.15, -0.1) is 0 Å². The van der Waals surface area contributed by atoms with E-state index < -0.39 is 0 Å². The second kappa shape index (κ2) is 8.49. The van der Waals surface area contributed by atoms with E-state index in [0.29, 0.717) is 11.5 Å². The lowest BCUT2D eigenvalue weighted by Crippen LogP contribution is -2.40. The minimum Gasteiger partial charge on any atom is -0.347 e. The molecule has 0 bridgehead atoms. The molecule has 3 nitrogen and oxygen atoms in total. The molecule has 3 heteroatoms. The molecule has 3 rings (SSSR count). The van der Waals surface area contributed by atoms with E-state index in [1.807, 2.05) is 0 Å². The number of nitrogens with zero attached hydrogens (tertiary/aromatic N) is 1. The fraction of sp³-hybridized carbons (Fsp3) is 1.00. The van der Waals surface area contributed by atoms with Gasteiger partial charge in [0.1, 0.15) is 0 Å². The maximum absolute atomic E-state index is 6.48. The minimum atomic E-state index is -0.237. The van der Waals surface area contributed by atoms with Gasteiger partial charge in [0.2, 0.25) is 0 Å². The summed E-state index contributed by atoms with van der Waals surface area (Å²) >= 11 is 0. The molecular formula is C23H43NO2. The first kappa shape index (κ1) is 20.6. The summed E-state index contributed by atoms with van der Waals surface area (Å²) in [6, 6.07) is 0. The zero-order valence-electron chi connectivity index (χ0n) is 18.1. The molecule has 0 N–H and O–H groups in total. The number of ether oxygens (including phenoxy) is 2. The van der Waals surface area contributed by atoms with Crippen LogP contribution in [0.1, 0.15) is 86.0 Å². The molecule has 2 saturated heterocycles. The van der Waals surface area contributed by atoms with Gasteiger partial charge in [-0.05, 0) is 61.8 Å². The van der Waals surface area contributed by atoms with Crippen LogP contribution < -0.4 is 0 Å². The molecule has 3 fully saturated rings. The van der Waals surface area contributed by atoms with E-state index in [4.69, 9.17) is 9.47 Å². The van der Waals surface area contributed by atoms with Crippen molar-refractivity contribution in [2.45, 2.75) is 97.9 Å². The average molecular weight is 366 g/mol. The van der Waals surface area contributed by atoms with E-state index in [1.165, 1.54) is 51.7 Å². The Hall–Kier alpha value is -0.120. The lowest BCUT2D eigenvalue weighted by Gasteiger charge is -2.42. The van der Waals surface area contributed by atoms with Gasteiger partial charge >= 0.3 is 0 Å². The molecule has 1 aliphatic carbocycles. The number of hydrogen-bond donors (Lipinski definition) is 0. The predicted molar refractivity (Wildman–Crippen MR) is 108 cm³/mol. The van der Waals surface area contributed by atoms with Gasteiger partial charge in [-0.2, -0.15) is 0 Å². The third-order valence-corrected chi connectivity index (χ3v) is 7.62. The van der Waals surface area contributed by atoms with Crippen molar-refractivity contribution in [3.63, 3.8) is 0 Å². The molecule has 0 aromatic rings. The fourth-order valence-corrected chi connectivity index (χ4v) is 5.67. The zero-order valence-corrected chi connectivity index (χ0v) is 18.1. The Morgan fingerprint density at radius 2 is 1.73 bits per heavy atom. The van der Waals surface area contributed by atoms with Crippen LogP contribution in [0.25, 0.3) is 0 Å². The molecule has 1 spiro atoms. The van der Waals surface area contributed by atoms with Gasteiger partial charge in [-0.3, -0.25) is 0 Å². The minimum absolute atomic E-state index is 0.237. The number of likely N-dealkylation sites (tertiary alicyclic amines) is 1. The van der Waals surface area contributed by atoms with Crippen LogP contribution in [-0.4, -0.2) is 43.0 Å². The molecule has 0 radical (unpaired) electrons. The van der Waals surface area contributed by atoms with Crippen molar-refractivity contribution >= 4 is 0 Å².